The SMILES string of the molecule is Cc1n([C@H]2CC[C@@H](C(C(N)=O)(c3ccccc3)c3ccccc3)C2)cc[n+]1CC(=O)OC(C)(C)C. The molecule has 1 fully saturated rings. The average Bonchev–Trinajstić information content (AvgIpc) is 3.42. The van der Waals surface area contributed by atoms with Crippen molar-refractivity contribution in [1.82, 2.24) is 4.57 Å². The van der Waals surface area contributed by atoms with E-state index in [-0.39, 0.29) is 30.4 Å². The molecule has 1 aliphatic carbocycles. The highest BCUT2D eigenvalue weighted by atomic mass is 16.6. The Morgan fingerprint density at radius 2 is 1.57 bits per heavy atom. The minimum atomic E-state index is -0.898. The van der Waals surface area contributed by atoms with Gasteiger partial charge in [-0.3, -0.25) is 4.79 Å². The number of esters is 1. The topological polar surface area (TPSA) is 78.2 Å². The van der Waals surface area contributed by atoms with Crippen molar-refractivity contribution >= 4 is 11.9 Å². The molecular weight excluding hydrogens is 438 g/mol. The summed E-state index contributed by atoms with van der Waals surface area (Å²) < 4.78 is 9.65. The van der Waals surface area contributed by atoms with Crippen LogP contribution in [0.2, 0.25) is 0 Å². The standard InChI is InChI=1S/C29H35N3O3/c1-21-31(20-26(33)35-28(2,3)4)17-18-32(21)25-16-15-24(19-25)29(27(30)34,22-11-7-5-8-12-22)23-13-9-6-10-14-23/h5-14,17-18,24-25H,15-16,19-20H2,1-4H3,(H-,30,34)/p+1/t24-,25+/m1/s1. The number of primary amides is 1. The maximum absolute atomic E-state index is 13.3. The zero-order valence-electron chi connectivity index (χ0n) is 21.1. The second-order valence-electron chi connectivity index (χ2n) is 10.5. The quantitative estimate of drug-likeness (QED) is 0.411. The molecular formula is C29H36N3O3+. The lowest BCUT2D eigenvalue weighted by molar-refractivity contribution is -0.691. The first-order valence-corrected chi connectivity index (χ1v) is 12.3. The molecule has 2 N–H and O–H groups in total. The highest BCUT2D eigenvalue weighted by molar-refractivity contribution is 5.91. The molecule has 1 amide bonds. The Morgan fingerprint density at radius 3 is 2.09 bits per heavy atom. The van der Waals surface area contributed by atoms with Crippen LogP contribution in [0, 0.1) is 12.8 Å². The maximum Gasteiger partial charge on any atom is 0.349 e. The van der Waals surface area contributed by atoms with Gasteiger partial charge in [0.15, 0.2) is 6.54 Å². The van der Waals surface area contributed by atoms with E-state index < -0.39 is 11.0 Å². The van der Waals surface area contributed by atoms with Crippen molar-refractivity contribution in [3.63, 3.8) is 0 Å². The van der Waals surface area contributed by atoms with Gasteiger partial charge in [0.25, 0.3) is 5.82 Å². The third-order valence-electron chi connectivity index (χ3n) is 7.17. The summed E-state index contributed by atoms with van der Waals surface area (Å²) in [7, 11) is 0. The molecule has 6 nitrogen and oxygen atoms in total. The van der Waals surface area contributed by atoms with Crippen molar-refractivity contribution in [2.75, 3.05) is 0 Å². The van der Waals surface area contributed by atoms with Gasteiger partial charge >= 0.3 is 5.97 Å². The molecule has 0 aliphatic heterocycles. The normalized spacial score (nSPS) is 18.4. The summed E-state index contributed by atoms with van der Waals surface area (Å²) in [6.07, 6.45) is 6.59. The van der Waals surface area contributed by atoms with Crippen LogP contribution in [0.5, 0.6) is 0 Å². The van der Waals surface area contributed by atoms with Crippen LogP contribution in [0.4, 0.5) is 0 Å². The van der Waals surface area contributed by atoms with Crippen LogP contribution in [0.25, 0.3) is 0 Å². The number of amides is 1. The molecule has 6 heteroatoms. The van der Waals surface area contributed by atoms with Crippen LogP contribution in [0.15, 0.2) is 73.1 Å². The van der Waals surface area contributed by atoms with Gasteiger partial charge in [-0.25, -0.2) is 13.9 Å². The van der Waals surface area contributed by atoms with E-state index in [2.05, 4.69) is 4.57 Å². The highest BCUT2D eigenvalue weighted by Gasteiger charge is 2.51. The average molecular weight is 475 g/mol. The van der Waals surface area contributed by atoms with Gasteiger partial charge in [0.2, 0.25) is 5.91 Å². The van der Waals surface area contributed by atoms with E-state index in [4.69, 9.17) is 10.5 Å². The zero-order valence-corrected chi connectivity index (χ0v) is 21.1. The van der Waals surface area contributed by atoms with Gasteiger partial charge in [0.1, 0.15) is 29.5 Å². The number of hydrogen-bond donors (Lipinski definition) is 1. The lowest BCUT2D eigenvalue weighted by Crippen LogP contribution is -2.47. The number of ether oxygens (including phenoxy) is 1. The van der Waals surface area contributed by atoms with Gasteiger partial charge in [-0.15, -0.1) is 0 Å². The van der Waals surface area contributed by atoms with Crippen LogP contribution in [0.3, 0.4) is 0 Å². The molecule has 35 heavy (non-hydrogen) atoms. The first kappa shape index (κ1) is 24.7. The Morgan fingerprint density at radius 1 is 1.00 bits per heavy atom. The van der Waals surface area contributed by atoms with E-state index >= 15 is 0 Å². The molecule has 0 unspecified atom stereocenters. The van der Waals surface area contributed by atoms with Crippen molar-refractivity contribution in [2.24, 2.45) is 11.7 Å². The summed E-state index contributed by atoms with van der Waals surface area (Å²) in [5, 5.41) is 0. The van der Waals surface area contributed by atoms with Gasteiger partial charge < -0.3 is 10.5 Å². The third kappa shape index (κ3) is 4.88. The number of carbonyl (C=O) groups is 2. The number of benzene rings is 2. The Kier molecular flexibility index (Phi) is 6.84. The molecule has 1 saturated carbocycles. The van der Waals surface area contributed by atoms with Gasteiger partial charge in [-0.1, -0.05) is 60.7 Å². The second kappa shape index (κ2) is 9.68. The number of nitrogens with two attached hydrogens (primary N) is 1. The first-order chi connectivity index (χ1) is 16.6. The lowest BCUT2D eigenvalue weighted by atomic mass is 9.64. The van der Waals surface area contributed by atoms with E-state index in [9.17, 15) is 9.59 Å². The molecule has 3 aromatic rings. The fourth-order valence-corrected chi connectivity index (χ4v) is 5.71. The van der Waals surface area contributed by atoms with Crippen LogP contribution >= 0.6 is 0 Å². The van der Waals surface area contributed by atoms with E-state index in [1.807, 2.05) is 105 Å². The van der Waals surface area contributed by atoms with Gasteiger partial charge in [0, 0.05) is 6.92 Å². The summed E-state index contributed by atoms with van der Waals surface area (Å²) in [5.41, 5.74) is 6.70. The Labute approximate surface area is 207 Å². The Balaban J connectivity index is 1.64. The number of rotatable bonds is 7. The largest absolute Gasteiger partial charge is 0.457 e. The molecule has 0 radical (unpaired) electrons. The zero-order chi connectivity index (χ0) is 25.2. The number of carbonyl (C=O) groups excluding carboxylic acids is 2. The minimum Gasteiger partial charge on any atom is -0.457 e. The molecule has 0 bridgehead atoms. The summed E-state index contributed by atoms with van der Waals surface area (Å²) in [6, 6.07) is 20.1. The molecule has 2 aromatic carbocycles. The fraction of sp³-hybridized carbons (Fsp3) is 0.414. The predicted octanol–water partition coefficient (Wildman–Crippen LogP) is 4.24. The molecule has 2 atom stereocenters. The molecule has 4 rings (SSSR count). The highest BCUT2D eigenvalue weighted by Crippen LogP contribution is 2.49. The smallest absolute Gasteiger partial charge is 0.349 e. The van der Waals surface area contributed by atoms with Crippen molar-refractivity contribution in [2.45, 2.75) is 70.6 Å². The lowest BCUT2D eigenvalue weighted by Gasteiger charge is -2.37. The number of nitrogens with zero attached hydrogens (tertiary/aromatic N) is 2. The van der Waals surface area contributed by atoms with Gasteiger partial charge in [0.05, 0.1) is 0 Å². The second-order valence-corrected chi connectivity index (χ2v) is 10.5. The van der Waals surface area contributed by atoms with E-state index in [0.717, 1.165) is 36.2 Å². The molecule has 1 heterocycles. The number of imidazole rings is 1. The van der Waals surface area contributed by atoms with E-state index in [1.54, 1.807) is 0 Å². The van der Waals surface area contributed by atoms with E-state index in [0.29, 0.717) is 0 Å². The monoisotopic (exact) mass is 474 g/mol. The van der Waals surface area contributed by atoms with Gasteiger partial charge in [-0.05, 0) is 57.1 Å². The maximum atomic E-state index is 13.3. The van der Waals surface area contributed by atoms with Crippen LogP contribution in [-0.2, 0) is 26.3 Å². The molecule has 0 saturated heterocycles. The summed E-state index contributed by atoms with van der Waals surface area (Å²) in [4.78, 5) is 25.7. The van der Waals surface area contributed by atoms with Crippen LogP contribution < -0.4 is 10.3 Å². The van der Waals surface area contributed by atoms with Crippen LogP contribution in [0.1, 0.15) is 63.0 Å². The van der Waals surface area contributed by atoms with E-state index in [1.165, 1.54) is 0 Å². The van der Waals surface area contributed by atoms with Crippen LogP contribution in [-0.4, -0.2) is 22.0 Å². The summed E-state index contributed by atoms with van der Waals surface area (Å²) in [6.45, 7) is 7.81. The fourth-order valence-electron chi connectivity index (χ4n) is 5.71. The predicted molar refractivity (Wildman–Crippen MR) is 134 cm³/mol. The van der Waals surface area contributed by atoms with Gasteiger partial charge in [-0.2, -0.15) is 0 Å². The van der Waals surface area contributed by atoms with Crippen molar-refractivity contribution in [3.8, 4) is 0 Å². The molecule has 1 aromatic heterocycles. The first-order valence-electron chi connectivity index (χ1n) is 12.3. The summed E-state index contributed by atoms with van der Waals surface area (Å²) >= 11 is 0. The summed E-state index contributed by atoms with van der Waals surface area (Å²) in [5.74, 6) is 0.472. The Bertz CT molecular complexity index is 1140. The number of aromatic nitrogens is 2. The van der Waals surface area contributed by atoms with Crippen molar-refractivity contribution in [3.05, 3.63) is 90.0 Å². The Hall–Kier alpha value is -3.41. The van der Waals surface area contributed by atoms with Crippen molar-refractivity contribution < 1.29 is 18.9 Å². The number of hydrogen-bond acceptors (Lipinski definition) is 3. The molecule has 184 valence electrons. The molecule has 0 spiro atoms. The van der Waals surface area contributed by atoms with Crippen molar-refractivity contribution in [1.29, 1.82) is 0 Å². The minimum absolute atomic E-state index is 0.0518. The third-order valence-corrected chi connectivity index (χ3v) is 7.17. The molecule has 1 aliphatic rings.